The number of rotatable bonds is 7. The van der Waals surface area contributed by atoms with E-state index in [2.05, 4.69) is 20.1 Å². The Balaban J connectivity index is 1.42. The van der Waals surface area contributed by atoms with Crippen molar-refractivity contribution in [2.24, 2.45) is 0 Å². The summed E-state index contributed by atoms with van der Waals surface area (Å²) >= 11 is 0. The van der Waals surface area contributed by atoms with Crippen molar-refractivity contribution in [3.8, 4) is 0 Å². The fourth-order valence-corrected chi connectivity index (χ4v) is 4.30. The second-order valence-corrected chi connectivity index (χ2v) is 8.21. The number of hydrogen-bond donors (Lipinski definition) is 1. The van der Waals surface area contributed by atoms with Crippen molar-refractivity contribution < 1.29 is 14.3 Å². The Morgan fingerprint density at radius 1 is 1.00 bits per heavy atom. The number of hydrogen-bond acceptors (Lipinski definition) is 7. The lowest BCUT2D eigenvalue weighted by Gasteiger charge is -2.27. The fraction of sp³-hybridized carbons (Fsp3) is 0.714. The van der Waals surface area contributed by atoms with E-state index < -0.39 is 0 Å². The smallest absolute Gasteiger partial charge is 0.257 e. The van der Waals surface area contributed by atoms with E-state index in [4.69, 9.17) is 9.72 Å². The molecule has 164 valence electrons. The SMILES string of the molecule is O=C(CN1CCCC1)NCCc1nc(N2CCOCC2)ncc1C(=O)N1CCCC1. The van der Waals surface area contributed by atoms with Gasteiger partial charge in [0.1, 0.15) is 0 Å². The molecule has 0 bridgehead atoms. The van der Waals surface area contributed by atoms with Crippen LogP contribution in [0.5, 0.6) is 0 Å². The van der Waals surface area contributed by atoms with Crippen molar-refractivity contribution in [1.82, 2.24) is 25.1 Å². The maximum atomic E-state index is 13.0. The molecule has 3 aliphatic rings. The van der Waals surface area contributed by atoms with Gasteiger partial charge >= 0.3 is 0 Å². The molecular formula is C21H32N6O3. The van der Waals surface area contributed by atoms with E-state index in [-0.39, 0.29) is 11.8 Å². The van der Waals surface area contributed by atoms with Gasteiger partial charge in [0.05, 0.1) is 31.0 Å². The third-order valence-corrected chi connectivity index (χ3v) is 6.02. The van der Waals surface area contributed by atoms with Gasteiger partial charge in [-0.15, -0.1) is 0 Å². The number of anilines is 1. The molecule has 4 rings (SSSR count). The highest BCUT2D eigenvalue weighted by molar-refractivity contribution is 5.95. The van der Waals surface area contributed by atoms with Crippen molar-refractivity contribution >= 4 is 17.8 Å². The first-order valence-corrected chi connectivity index (χ1v) is 11.2. The zero-order chi connectivity index (χ0) is 20.8. The molecule has 0 spiro atoms. The first kappa shape index (κ1) is 21.0. The third kappa shape index (κ3) is 5.26. The Morgan fingerprint density at radius 2 is 1.70 bits per heavy atom. The van der Waals surface area contributed by atoms with Gasteiger partial charge in [0.2, 0.25) is 11.9 Å². The van der Waals surface area contributed by atoms with Gasteiger partial charge in [-0.2, -0.15) is 0 Å². The summed E-state index contributed by atoms with van der Waals surface area (Å²) in [6, 6.07) is 0. The van der Waals surface area contributed by atoms with Crippen LogP contribution in [0.4, 0.5) is 5.95 Å². The summed E-state index contributed by atoms with van der Waals surface area (Å²) in [6.45, 7) is 7.27. The van der Waals surface area contributed by atoms with E-state index in [0.29, 0.717) is 49.9 Å². The van der Waals surface area contributed by atoms with Crippen LogP contribution in [0.1, 0.15) is 41.7 Å². The molecule has 1 aromatic rings. The van der Waals surface area contributed by atoms with Crippen molar-refractivity contribution in [2.75, 3.05) is 70.5 Å². The van der Waals surface area contributed by atoms with Crippen LogP contribution in [-0.2, 0) is 16.0 Å². The van der Waals surface area contributed by atoms with Gasteiger partial charge in [0.15, 0.2) is 0 Å². The normalized spacial score (nSPS) is 20.0. The lowest BCUT2D eigenvalue weighted by Crippen LogP contribution is -2.38. The average molecular weight is 417 g/mol. The predicted octanol–water partition coefficient (Wildman–Crippen LogP) is 0.304. The van der Waals surface area contributed by atoms with E-state index >= 15 is 0 Å². The van der Waals surface area contributed by atoms with Crippen molar-refractivity contribution in [1.29, 1.82) is 0 Å². The predicted molar refractivity (Wildman–Crippen MR) is 113 cm³/mol. The number of carbonyl (C=O) groups excluding carboxylic acids is 2. The number of nitrogens with zero attached hydrogens (tertiary/aromatic N) is 5. The molecule has 0 saturated carbocycles. The Hall–Kier alpha value is -2.26. The Kier molecular flexibility index (Phi) is 7.11. The van der Waals surface area contributed by atoms with E-state index in [9.17, 15) is 9.59 Å². The number of morpholine rings is 1. The van der Waals surface area contributed by atoms with Gasteiger partial charge in [-0.05, 0) is 38.8 Å². The standard InChI is InChI=1S/C21H32N6O3/c28-19(16-25-7-1-2-8-25)22-6-5-18-17(20(29)26-9-3-4-10-26)15-23-21(24-18)27-11-13-30-14-12-27/h15H,1-14,16H2,(H,22,28). The van der Waals surface area contributed by atoms with Gasteiger partial charge in [0, 0.05) is 45.3 Å². The van der Waals surface area contributed by atoms with Crippen LogP contribution in [0, 0.1) is 0 Å². The summed E-state index contributed by atoms with van der Waals surface area (Å²) in [5, 5.41) is 2.99. The summed E-state index contributed by atoms with van der Waals surface area (Å²) in [7, 11) is 0. The summed E-state index contributed by atoms with van der Waals surface area (Å²) in [5.74, 6) is 0.667. The number of carbonyl (C=O) groups is 2. The number of amides is 2. The van der Waals surface area contributed by atoms with Gasteiger partial charge < -0.3 is 19.9 Å². The van der Waals surface area contributed by atoms with Gasteiger partial charge in [-0.3, -0.25) is 14.5 Å². The average Bonchev–Trinajstić information content (AvgIpc) is 3.48. The molecule has 0 aliphatic carbocycles. The highest BCUT2D eigenvalue weighted by atomic mass is 16.5. The van der Waals surface area contributed by atoms with E-state index in [0.717, 1.165) is 52.1 Å². The molecule has 0 aromatic carbocycles. The zero-order valence-electron chi connectivity index (χ0n) is 17.6. The van der Waals surface area contributed by atoms with Crippen LogP contribution >= 0.6 is 0 Å². The van der Waals surface area contributed by atoms with Crippen molar-refractivity contribution in [2.45, 2.75) is 32.1 Å². The van der Waals surface area contributed by atoms with Crippen LogP contribution in [0.25, 0.3) is 0 Å². The molecule has 3 fully saturated rings. The summed E-state index contributed by atoms with van der Waals surface area (Å²) < 4.78 is 5.42. The van der Waals surface area contributed by atoms with Crippen LogP contribution in [-0.4, -0.2) is 97.2 Å². The minimum atomic E-state index is -0.000536. The minimum Gasteiger partial charge on any atom is -0.378 e. The van der Waals surface area contributed by atoms with Crippen LogP contribution in [0.15, 0.2) is 6.20 Å². The summed E-state index contributed by atoms with van der Waals surface area (Å²) in [6.07, 6.45) is 6.60. The van der Waals surface area contributed by atoms with Gasteiger partial charge in [-0.25, -0.2) is 9.97 Å². The number of nitrogens with one attached hydrogen (secondary N) is 1. The molecule has 9 nitrogen and oxygen atoms in total. The van der Waals surface area contributed by atoms with Crippen molar-refractivity contribution in [3.05, 3.63) is 17.5 Å². The topological polar surface area (TPSA) is 90.9 Å². The van der Waals surface area contributed by atoms with E-state index in [1.807, 2.05) is 4.90 Å². The summed E-state index contributed by atoms with van der Waals surface area (Å²) in [4.78, 5) is 40.6. The lowest BCUT2D eigenvalue weighted by molar-refractivity contribution is -0.121. The Labute approximate surface area is 177 Å². The molecule has 30 heavy (non-hydrogen) atoms. The Morgan fingerprint density at radius 3 is 2.43 bits per heavy atom. The molecular weight excluding hydrogens is 384 g/mol. The monoisotopic (exact) mass is 416 g/mol. The van der Waals surface area contributed by atoms with Gasteiger partial charge in [-0.1, -0.05) is 0 Å². The maximum Gasteiger partial charge on any atom is 0.257 e. The van der Waals surface area contributed by atoms with Crippen LogP contribution in [0.2, 0.25) is 0 Å². The highest BCUT2D eigenvalue weighted by Gasteiger charge is 2.25. The molecule has 0 radical (unpaired) electrons. The molecule has 0 atom stereocenters. The van der Waals surface area contributed by atoms with Crippen LogP contribution < -0.4 is 10.2 Å². The second kappa shape index (κ2) is 10.2. The van der Waals surface area contributed by atoms with E-state index in [1.54, 1.807) is 6.20 Å². The molecule has 1 N–H and O–H groups in total. The first-order valence-electron chi connectivity index (χ1n) is 11.2. The molecule has 1 aromatic heterocycles. The van der Waals surface area contributed by atoms with Crippen molar-refractivity contribution in [3.63, 3.8) is 0 Å². The molecule has 0 unspecified atom stereocenters. The highest BCUT2D eigenvalue weighted by Crippen LogP contribution is 2.18. The molecule has 3 saturated heterocycles. The zero-order valence-corrected chi connectivity index (χ0v) is 17.6. The largest absolute Gasteiger partial charge is 0.378 e. The Bertz CT molecular complexity index is 740. The number of aromatic nitrogens is 2. The number of ether oxygens (including phenoxy) is 1. The first-order chi connectivity index (χ1) is 14.7. The molecule has 3 aliphatic heterocycles. The quantitative estimate of drug-likeness (QED) is 0.684. The van der Waals surface area contributed by atoms with E-state index in [1.165, 1.54) is 12.8 Å². The van der Waals surface area contributed by atoms with Gasteiger partial charge in [0.25, 0.3) is 5.91 Å². The third-order valence-electron chi connectivity index (χ3n) is 6.02. The molecule has 9 heteroatoms. The lowest BCUT2D eigenvalue weighted by atomic mass is 10.1. The number of likely N-dealkylation sites (tertiary alicyclic amines) is 2. The summed E-state index contributed by atoms with van der Waals surface area (Å²) in [5.41, 5.74) is 1.27. The van der Waals surface area contributed by atoms with Crippen LogP contribution in [0.3, 0.4) is 0 Å². The molecule has 2 amide bonds. The molecule has 4 heterocycles. The fourth-order valence-electron chi connectivity index (χ4n) is 4.30. The second-order valence-electron chi connectivity index (χ2n) is 8.21. The maximum absolute atomic E-state index is 13.0. The minimum absolute atomic E-state index is 0.000536.